The number of hydrogen-bond donors (Lipinski definition) is 1. The molecular weight excluding hydrogens is 330 g/mol. The van der Waals surface area contributed by atoms with Crippen LogP contribution in [0.2, 0.25) is 0 Å². The summed E-state index contributed by atoms with van der Waals surface area (Å²) in [6.45, 7) is 0. The van der Waals surface area contributed by atoms with Crippen molar-refractivity contribution in [3.8, 4) is 0 Å². The maximum absolute atomic E-state index is 12.4. The molecule has 2 aromatic carbocycles. The monoisotopic (exact) mass is 343 g/mol. The normalized spacial score (nSPS) is 14.0. The summed E-state index contributed by atoms with van der Waals surface area (Å²) in [7, 11) is 0. The molecule has 5 heteroatoms. The van der Waals surface area contributed by atoms with Crippen molar-refractivity contribution in [1.82, 2.24) is 4.98 Å². The van der Waals surface area contributed by atoms with Crippen LogP contribution in [0.3, 0.4) is 0 Å². The highest BCUT2D eigenvalue weighted by Crippen LogP contribution is 2.37. The maximum atomic E-state index is 12.4. The van der Waals surface area contributed by atoms with E-state index in [2.05, 4.69) is 11.1 Å². The van der Waals surface area contributed by atoms with Gasteiger partial charge in [-0.15, -0.1) is 0 Å². The van der Waals surface area contributed by atoms with E-state index < -0.39 is 0 Å². The molecule has 3 heterocycles. The van der Waals surface area contributed by atoms with E-state index in [9.17, 15) is 9.59 Å². The molecule has 0 unspecified atom stereocenters. The Hall–Kier alpha value is -3.34. The summed E-state index contributed by atoms with van der Waals surface area (Å²) < 4.78 is 11.0. The number of fused-ring (bicyclic) bond motifs is 9. The first-order valence-electron chi connectivity index (χ1n) is 8.66. The molecule has 1 aliphatic rings. The van der Waals surface area contributed by atoms with E-state index in [0.29, 0.717) is 11.2 Å². The first kappa shape index (κ1) is 13.9. The summed E-state index contributed by atoms with van der Waals surface area (Å²) in [5.41, 5.74) is 4.21. The molecule has 126 valence electrons. The van der Waals surface area contributed by atoms with Crippen molar-refractivity contribution < 1.29 is 8.83 Å². The number of nitrogens with one attached hydrogen (secondary N) is 1. The summed E-state index contributed by atoms with van der Waals surface area (Å²) in [4.78, 5) is 27.3. The molecule has 26 heavy (non-hydrogen) atoms. The number of aryl methyl sites for hydroxylation is 1. The number of rotatable bonds is 0. The van der Waals surface area contributed by atoms with E-state index in [1.54, 1.807) is 12.1 Å². The summed E-state index contributed by atoms with van der Waals surface area (Å²) >= 11 is 0. The van der Waals surface area contributed by atoms with E-state index in [1.165, 1.54) is 6.07 Å². The Morgan fingerprint density at radius 2 is 1.62 bits per heavy atom. The quantitative estimate of drug-likeness (QED) is 0.431. The highest BCUT2D eigenvalue weighted by molar-refractivity contribution is 6.23. The minimum absolute atomic E-state index is 0.230. The third-order valence-electron chi connectivity index (χ3n) is 5.47. The number of aromatic amines is 1. The van der Waals surface area contributed by atoms with Gasteiger partial charge in [0, 0.05) is 38.7 Å². The third kappa shape index (κ3) is 1.65. The van der Waals surface area contributed by atoms with Crippen LogP contribution in [-0.2, 0) is 12.8 Å². The summed E-state index contributed by atoms with van der Waals surface area (Å²) in [5, 5.41) is 3.78. The van der Waals surface area contributed by atoms with Crippen LogP contribution in [-0.4, -0.2) is 4.98 Å². The summed E-state index contributed by atoms with van der Waals surface area (Å²) in [5.74, 6) is 0. The zero-order valence-corrected chi connectivity index (χ0v) is 13.7. The molecule has 0 radical (unpaired) electrons. The molecule has 0 atom stereocenters. The topological polar surface area (TPSA) is 76.2 Å². The third-order valence-corrected chi connectivity index (χ3v) is 5.47. The second-order valence-electron chi connectivity index (χ2n) is 6.84. The summed E-state index contributed by atoms with van der Waals surface area (Å²) in [6, 6.07) is 11.0. The van der Waals surface area contributed by atoms with E-state index >= 15 is 0 Å². The van der Waals surface area contributed by atoms with Crippen LogP contribution < -0.4 is 11.3 Å². The van der Waals surface area contributed by atoms with Crippen LogP contribution in [0.4, 0.5) is 0 Å². The van der Waals surface area contributed by atoms with Crippen LogP contribution in [0, 0.1) is 0 Å². The highest BCUT2D eigenvalue weighted by Gasteiger charge is 2.22. The van der Waals surface area contributed by atoms with E-state index in [-0.39, 0.29) is 11.3 Å². The zero-order valence-electron chi connectivity index (χ0n) is 13.7. The van der Waals surface area contributed by atoms with Gasteiger partial charge in [-0.05, 0) is 43.0 Å². The molecular formula is C21H13NO4. The molecule has 6 rings (SSSR count). The predicted molar refractivity (Wildman–Crippen MR) is 99.9 cm³/mol. The molecule has 5 nitrogen and oxygen atoms in total. The highest BCUT2D eigenvalue weighted by atomic mass is 16.4. The second-order valence-corrected chi connectivity index (χ2v) is 6.84. The molecule has 1 N–H and O–H groups in total. The van der Waals surface area contributed by atoms with Gasteiger partial charge in [0.2, 0.25) is 0 Å². The molecule has 0 saturated carbocycles. The molecule has 0 amide bonds. The Kier molecular flexibility index (Phi) is 2.48. The SMILES string of the molecule is O=c1ccc2c(ccc3[nH]c4c(ccc5c6c(c(=O)oc54)CCC6)c32)o1. The van der Waals surface area contributed by atoms with Crippen LogP contribution >= 0.6 is 0 Å². The molecule has 0 fully saturated rings. The van der Waals surface area contributed by atoms with Gasteiger partial charge in [-0.2, -0.15) is 0 Å². The van der Waals surface area contributed by atoms with Gasteiger partial charge in [-0.25, -0.2) is 9.59 Å². The Morgan fingerprint density at radius 1 is 0.808 bits per heavy atom. The van der Waals surface area contributed by atoms with E-state index in [4.69, 9.17) is 8.83 Å². The van der Waals surface area contributed by atoms with Gasteiger partial charge < -0.3 is 13.8 Å². The fourth-order valence-corrected chi connectivity index (χ4v) is 4.36. The van der Waals surface area contributed by atoms with Gasteiger partial charge in [0.25, 0.3) is 0 Å². The lowest BCUT2D eigenvalue weighted by Crippen LogP contribution is -2.06. The fraction of sp³-hybridized carbons (Fsp3) is 0.143. The van der Waals surface area contributed by atoms with Crippen molar-refractivity contribution in [2.75, 3.05) is 0 Å². The molecule has 1 aliphatic carbocycles. The molecule has 0 saturated heterocycles. The zero-order chi connectivity index (χ0) is 17.4. The Morgan fingerprint density at radius 3 is 2.54 bits per heavy atom. The van der Waals surface area contributed by atoms with Crippen molar-refractivity contribution in [1.29, 1.82) is 0 Å². The molecule has 0 bridgehead atoms. The minimum Gasteiger partial charge on any atom is -0.423 e. The van der Waals surface area contributed by atoms with Gasteiger partial charge in [-0.3, -0.25) is 0 Å². The standard InChI is InChI=1S/C21H13NO4/c23-17-9-6-13-16(25-17)8-7-15-18(13)14-5-4-11-10-2-1-3-12(10)21(24)26-20(11)19(14)22-15/h4-9,22H,1-3H2. The smallest absolute Gasteiger partial charge is 0.339 e. The lowest BCUT2D eigenvalue weighted by molar-refractivity contribution is 0.554. The van der Waals surface area contributed by atoms with Gasteiger partial charge in [0.05, 0.1) is 5.52 Å². The molecule has 0 spiro atoms. The van der Waals surface area contributed by atoms with Gasteiger partial charge >= 0.3 is 11.3 Å². The predicted octanol–water partition coefficient (Wildman–Crippen LogP) is 4.02. The van der Waals surface area contributed by atoms with Crippen molar-refractivity contribution in [2.45, 2.75) is 19.3 Å². The first-order valence-corrected chi connectivity index (χ1v) is 8.66. The van der Waals surface area contributed by atoms with Crippen molar-refractivity contribution in [3.05, 3.63) is 68.4 Å². The minimum atomic E-state index is -0.372. The van der Waals surface area contributed by atoms with Crippen molar-refractivity contribution in [2.24, 2.45) is 0 Å². The number of H-pyrrole nitrogens is 1. The summed E-state index contributed by atoms with van der Waals surface area (Å²) in [6.07, 6.45) is 2.70. The molecule has 3 aromatic heterocycles. The number of hydrogen-bond acceptors (Lipinski definition) is 4. The number of benzene rings is 2. The van der Waals surface area contributed by atoms with E-state index in [0.717, 1.165) is 63.0 Å². The van der Waals surface area contributed by atoms with Crippen molar-refractivity contribution in [3.63, 3.8) is 0 Å². The van der Waals surface area contributed by atoms with E-state index in [1.807, 2.05) is 12.1 Å². The Bertz CT molecular complexity index is 1500. The van der Waals surface area contributed by atoms with Gasteiger partial charge in [-0.1, -0.05) is 12.1 Å². The largest absolute Gasteiger partial charge is 0.423 e. The van der Waals surface area contributed by atoms with Gasteiger partial charge in [0.1, 0.15) is 5.58 Å². The number of aromatic nitrogens is 1. The Balaban J connectivity index is 1.86. The average Bonchev–Trinajstić information content (AvgIpc) is 3.26. The van der Waals surface area contributed by atoms with Gasteiger partial charge in [0.15, 0.2) is 5.58 Å². The van der Waals surface area contributed by atoms with Crippen LogP contribution in [0.1, 0.15) is 17.5 Å². The molecule has 0 aliphatic heterocycles. The van der Waals surface area contributed by atoms with Crippen molar-refractivity contribution >= 4 is 43.7 Å². The second kappa shape index (κ2) is 4.64. The van der Waals surface area contributed by atoms with Crippen LogP contribution in [0.15, 0.2) is 54.8 Å². The Labute approximate surface area is 145 Å². The molecule has 5 aromatic rings. The maximum Gasteiger partial charge on any atom is 0.339 e. The van der Waals surface area contributed by atoms with Crippen LogP contribution in [0.5, 0.6) is 0 Å². The fourth-order valence-electron chi connectivity index (χ4n) is 4.36. The first-order chi connectivity index (χ1) is 12.7. The van der Waals surface area contributed by atoms with Crippen LogP contribution in [0.25, 0.3) is 43.7 Å². The lowest BCUT2D eigenvalue weighted by atomic mass is 10.0. The lowest BCUT2D eigenvalue weighted by Gasteiger charge is -2.04. The average molecular weight is 343 g/mol.